The predicted molar refractivity (Wildman–Crippen MR) is 50.7 cm³/mol. The zero-order chi connectivity index (χ0) is 12.5. The number of aromatic nitrogens is 1. The summed E-state index contributed by atoms with van der Waals surface area (Å²) < 4.78 is 36.9. The molecule has 0 saturated heterocycles. The minimum Gasteiger partial charge on any atom is -0.465 e. The van der Waals surface area contributed by atoms with Gasteiger partial charge in [-0.2, -0.15) is 13.2 Å². The molecule has 0 bridgehead atoms. The van der Waals surface area contributed by atoms with Crippen LogP contribution in [0.2, 0.25) is 5.15 Å². The number of amides is 1. The van der Waals surface area contributed by atoms with E-state index in [1.807, 2.05) is 0 Å². The van der Waals surface area contributed by atoms with Crippen LogP contribution in [0, 0.1) is 0 Å². The molecule has 0 spiro atoms. The van der Waals surface area contributed by atoms with Gasteiger partial charge in [0.2, 0.25) is 0 Å². The number of anilines is 1. The molecule has 0 aliphatic heterocycles. The van der Waals surface area contributed by atoms with E-state index in [-0.39, 0.29) is 10.8 Å². The molecule has 0 unspecified atom stereocenters. The van der Waals surface area contributed by atoms with Gasteiger partial charge in [-0.25, -0.2) is 9.78 Å². The number of nitrogens with zero attached hydrogens (tertiary/aromatic N) is 2. The van der Waals surface area contributed by atoms with Crippen LogP contribution in [0.25, 0.3) is 0 Å². The first-order chi connectivity index (χ1) is 7.23. The van der Waals surface area contributed by atoms with E-state index in [1.165, 1.54) is 0 Å². The standard InChI is InChI=1S/C8H6ClF3N2O2/c1-14(7(15)16)5-2-4(8(10,11)12)3-13-6(5)9/h2-3H,1H3,(H,15,16). The Balaban J connectivity index is 3.24. The smallest absolute Gasteiger partial charge is 0.417 e. The largest absolute Gasteiger partial charge is 0.465 e. The van der Waals surface area contributed by atoms with E-state index in [4.69, 9.17) is 16.7 Å². The molecule has 0 aromatic carbocycles. The molecular formula is C8H6ClF3N2O2. The summed E-state index contributed by atoms with van der Waals surface area (Å²) in [5.74, 6) is 0. The van der Waals surface area contributed by atoms with E-state index < -0.39 is 17.8 Å². The maximum absolute atomic E-state index is 12.3. The third-order valence-corrected chi connectivity index (χ3v) is 2.09. The summed E-state index contributed by atoms with van der Waals surface area (Å²) in [5.41, 5.74) is -1.37. The molecule has 1 aromatic rings. The van der Waals surface area contributed by atoms with Crippen molar-refractivity contribution < 1.29 is 23.1 Å². The fourth-order valence-corrected chi connectivity index (χ4v) is 1.16. The summed E-state index contributed by atoms with van der Waals surface area (Å²) >= 11 is 5.50. The van der Waals surface area contributed by atoms with Crippen molar-refractivity contribution >= 4 is 23.4 Å². The van der Waals surface area contributed by atoms with Crippen molar-refractivity contribution in [2.45, 2.75) is 6.18 Å². The van der Waals surface area contributed by atoms with Crippen LogP contribution in [0.15, 0.2) is 12.3 Å². The van der Waals surface area contributed by atoms with Crippen molar-refractivity contribution in [1.29, 1.82) is 0 Å². The second-order valence-electron chi connectivity index (χ2n) is 2.87. The first-order valence-corrected chi connectivity index (χ1v) is 4.30. The fourth-order valence-electron chi connectivity index (χ4n) is 0.930. The van der Waals surface area contributed by atoms with Crippen molar-refractivity contribution in [2.75, 3.05) is 11.9 Å². The Bertz CT molecular complexity index is 422. The van der Waals surface area contributed by atoms with Gasteiger partial charge in [0.15, 0.2) is 5.15 Å². The van der Waals surface area contributed by atoms with Crippen LogP contribution in [-0.4, -0.2) is 23.2 Å². The summed E-state index contributed by atoms with van der Waals surface area (Å²) in [5, 5.41) is 8.30. The molecule has 0 aliphatic carbocycles. The zero-order valence-corrected chi connectivity index (χ0v) is 8.67. The Labute approximate surface area is 93.3 Å². The molecule has 1 amide bonds. The third-order valence-electron chi connectivity index (χ3n) is 1.80. The topological polar surface area (TPSA) is 53.4 Å². The molecular weight excluding hydrogens is 249 g/mol. The second-order valence-corrected chi connectivity index (χ2v) is 3.23. The van der Waals surface area contributed by atoms with E-state index >= 15 is 0 Å². The van der Waals surface area contributed by atoms with Gasteiger partial charge in [0.05, 0.1) is 11.3 Å². The monoisotopic (exact) mass is 254 g/mol. The maximum atomic E-state index is 12.3. The normalized spacial score (nSPS) is 11.3. The van der Waals surface area contributed by atoms with Crippen molar-refractivity contribution in [3.05, 3.63) is 23.0 Å². The molecule has 1 rings (SSSR count). The summed E-state index contributed by atoms with van der Waals surface area (Å²) in [6.45, 7) is 0. The minimum absolute atomic E-state index is 0.307. The zero-order valence-electron chi connectivity index (χ0n) is 7.92. The molecule has 0 aliphatic rings. The van der Waals surface area contributed by atoms with Crippen molar-refractivity contribution in [3.63, 3.8) is 0 Å². The lowest BCUT2D eigenvalue weighted by Gasteiger charge is -2.16. The summed E-state index contributed by atoms with van der Waals surface area (Å²) in [6.07, 6.45) is -5.48. The second kappa shape index (κ2) is 4.17. The van der Waals surface area contributed by atoms with Gasteiger partial charge in [-0.15, -0.1) is 0 Å². The Morgan fingerprint density at radius 2 is 2.12 bits per heavy atom. The number of pyridine rings is 1. The highest BCUT2D eigenvalue weighted by molar-refractivity contribution is 6.32. The van der Waals surface area contributed by atoms with Crippen LogP contribution < -0.4 is 4.90 Å². The molecule has 88 valence electrons. The van der Waals surface area contributed by atoms with Crippen molar-refractivity contribution in [2.24, 2.45) is 0 Å². The van der Waals surface area contributed by atoms with Crippen LogP contribution in [0.1, 0.15) is 5.56 Å². The Kier molecular flexibility index (Phi) is 3.27. The van der Waals surface area contributed by atoms with Crippen LogP contribution in [-0.2, 0) is 6.18 Å². The van der Waals surface area contributed by atoms with Crippen LogP contribution in [0.4, 0.5) is 23.7 Å². The van der Waals surface area contributed by atoms with Gasteiger partial charge in [0.1, 0.15) is 0 Å². The van der Waals surface area contributed by atoms with Gasteiger partial charge in [-0.05, 0) is 6.07 Å². The summed E-state index contributed by atoms with van der Waals surface area (Å²) in [7, 11) is 1.07. The van der Waals surface area contributed by atoms with E-state index in [9.17, 15) is 18.0 Å². The number of hydrogen-bond donors (Lipinski definition) is 1. The van der Waals surface area contributed by atoms with Crippen LogP contribution >= 0.6 is 11.6 Å². The Morgan fingerprint density at radius 3 is 2.56 bits per heavy atom. The fraction of sp³-hybridized carbons (Fsp3) is 0.250. The Morgan fingerprint density at radius 1 is 1.56 bits per heavy atom. The van der Waals surface area contributed by atoms with Gasteiger partial charge in [-0.3, -0.25) is 4.90 Å². The van der Waals surface area contributed by atoms with E-state index in [0.717, 1.165) is 7.05 Å². The number of rotatable bonds is 1. The van der Waals surface area contributed by atoms with Gasteiger partial charge in [-0.1, -0.05) is 11.6 Å². The third kappa shape index (κ3) is 2.54. The first kappa shape index (κ1) is 12.6. The molecule has 1 aromatic heterocycles. The van der Waals surface area contributed by atoms with E-state index in [2.05, 4.69) is 4.98 Å². The molecule has 0 radical (unpaired) electrons. The molecule has 1 heterocycles. The quantitative estimate of drug-likeness (QED) is 0.784. The van der Waals surface area contributed by atoms with Crippen molar-refractivity contribution in [1.82, 2.24) is 4.98 Å². The van der Waals surface area contributed by atoms with E-state index in [0.29, 0.717) is 17.2 Å². The first-order valence-electron chi connectivity index (χ1n) is 3.93. The van der Waals surface area contributed by atoms with Gasteiger partial charge in [0, 0.05) is 13.2 Å². The van der Waals surface area contributed by atoms with Crippen molar-refractivity contribution in [3.8, 4) is 0 Å². The van der Waals surface area contributed by atoms with Gasteiger partial charge in [0.25, 0.3) is 0 Å². The molecule has 16 heavy (non-hydrogen) atoms. The SMILES string of the molecule is CN(C(=O)O)c1cc(C(F)(F)F)cnc1Cl. The molecule has 8 heteroatoms. The van der Waals surface area contributed by atoms with Gasteiger partial charge >= 0.3 is 12.3 Å². The highest BCUT2D eigenvalue weighted by Gasteiger charge is 2.32. The lowest BCUT2D eigenvalue weighted by Crippen LogP contribution is -2.25. The lowest BCUT2D eigenvalue weighted by atomic mass is 10.2. The molecule has 0 fully saturated rings. The summed E-state index contributed by atoms with van der Waals surface area (Å²) in [4.78, 5) is 14.4. The lowest BCUT2D eigenvalue weighted by molar-refractivity contribution is -0.137. The number of halogens is 4. The summed E-state index contributed by atoms with van der Waals surface area (Å²) in [6, 6.07) is 0.628. The Hall–Kier alpha value is -1.50. The predicted octanol–water partition coefficient (Wildman–Crippen LogP) is 2.87. The maximum Gasteiger partial charge on any atom is 0.417 e. The van der Waals surface area contributed by atoms with E-state index in [1.54, 1.807) is 0 Å². The molecule has 4 nitrogen and oxygen atoms in total. The average molecular weight is 255 g/mol. The number of hydrogen-bond acceptors (Lipinski definition) is 2. The molecule has 1 N–H and O–H groups in total. The minimum atomic E-state index is -4.59. The number of alkyl halides is 3. The number of carbonyl (C=O) groups is 1. The molecule has 0 atom stereocenters. The van der Waals surface area contributed by atoms with Gasteiger partial charge < -0.3 is 5.11 Å². The van der Waals surface area contributed by atoms with Crippen LogP contribution in [0.5, 0.6) is 0 Å². The highest BCUT2D eigenvalue weighted by atomic mass is 35.5. The highest BCUT2D eigenvalue weighted by Crippen LogP contribution is 2.33. The number of carboxylic acid groups (broad SMARTS) is 1. The average Bonchev–Trinajstić information content (AvgIpc) is 2.15. The molecule has 0 saturated carbocycles. The van der Waals surface area contributed by atoms with Crippen LogP contribution in [0.3, 0.4) is 0 Å².